The van der Waals surface area contributed by atoms with Gasteiger partial charge >= 0.3 is 0 Å². The van der Waals surface area contributed by atoms with Gasteiger partial charge in [-0.1, -0.05) is 158 Å². The molecule has 0 bridgehead atoms. The maximum Gasteiger partial charge on any atom is 0.179 e. The molecule has 0 N–H and O–H groups in total. The lowest BCUT2D eigenvalue weighted by molar-refractivity contribution is 1.01. The van der Waals surface area contributed by atoms with Crippen molar-refractivity contribution in [3.8, 4) is 16.8 Å². The fourth-order valence-corrected chi connectivity index (χ4v) is 13.3. The minimum absolute atomic E-state index is 0.691. The summed E-state index contributed by atoms with van der Waals surface area (Å²) in [4.78, 5) is 0. The molecule has 0 fully saturated rings. The Labute approximate surface area is 308 Å². The van der Waals surface area contributed by atoms with Crippen LogP contribution in [0.3, 0.4) is 0 Å². The molecule has 8 aromatic carbocycles. The van der Waals surface area contributed by atoms with E-state index >= 15 is 0 Å². The lowest BCUT2D eigenvalue weighted by Gasteiger charge is -2.34. The van der Waals surface area contributed by atoms with Gasteiger partial charge in [-0.05, 0) is 74.3 Å². The highest BCUT2D eigenvalue weighted by Crippen LogP contribution is 2.36. The Kier molecular flexibility index (Phi) is 6.37. The van der Waals surface area contributed by atoms with Crippen LogP contribution in [0.15, 0.2) is 200 Å². The van der Waals surface area contributed by atoms with E-state index in [1.165, 1.54) is 36.1 Å². The van der Waals surface area contributed by atoms with Crippen LogP contribution in [0.2, 0.25) is 0 Å². The number of rotatable bonds is 6. The average Bonchev–Trinajstić information content (AvgIpc) is 3.75. The highest BCUT2D eigenvalue weighted by atomic mass is 28.3. The molecule has 0 atom stereocenters. The smallest absolute Gasteiger partial charge is 0.179 e. The van der Waals surface area contributed by atoms with Crippen LogP contribution < -0.4 is 20.7 Å². The second-order valence-corrected chi connectivity index (χ2v) is 17.4. The fourth-order valence-electron chi connectivity index (χ4n) is 8.51. The molecule has 0 aliphatic rings. The van der Waals surface area contributed by atoms with Gasteiger partial charge in [0, 0.05) is 49.4 Å². The summed E-state index contributed by atoms with van der Waals surface area (Å²) in [5.41, 5.74) is 6.73. The third kappa shape index (κ3) is 4.56. The molecule has 10 rings (SSSR count). The van der Waals surface area contributed by atoms with Crippen molar-refractivity contribution < 1.29 is 4.11 Å². The van der Waals surface area contributed by atoms with Crippen LogP contribution in [0.5, 0.6) is 0 Å². The van der Waals surface area contributed by atoms with Crippen molar-refractivity contribution in [2.24, 2.45) is 6.98 Å². The fraction of sp³-hybridized carbons (Fsp3) is 0.0204. The van der Waals surface area contributed by atoms with Crippen molar-refractivity contribution in [3.05, 3.63) is 200 Å². The largest absolute Gasteiger partial charge is 0.344 e. The topological polar surface area (TPSA) is 9.86 Å². The van der Waals surface area contributed by atoms with Gasteiger partial charge in [-0.25, -0.2) is 0 Å². The van der Waals surface area contributed by atoms with Gasteiger partial charge in [-0.3, -0.25) is 0 Å². The van der Waals surface area contributed by atoms with E-state index in [1.807, 2.05) is 18.2 Å². The van der Waals surface area contributed by atoms with Gasteiger partial charge in [0.25, 0.3) is 0 Å². The summed E-state index contributed by atoms with van der Waals surface area (Å²) in [6.07, 6.45) is 0. The van der Waals surface area contributed by atoms with Crippen LogP contribution in [0, 0.1) is 0 Å². The molecule has 0 saturated carbocycles. The molecule has 0 unspecified atom stereocenters. The van der Waals surface area contributed by atoms with Crippen LogP contribution in [-0.4, -0.2) is 17.2 Å². The lowest BCUT2D eigenvalue weighted by atomic mass is 10.0. The zero-order chi connectivity index (χ0) is 37.1. The monoisotopic (exact) mass is 683 g/mol. The predicted octanol–water partition coefficient (Wildman–Crippen LogP) is 9.47. The van der Waals surface area contributed by atoms with Gasteiger partial charge in [0.2, 0.25) is 0 Å². The van der Waals surface area contributed by atoms with E-state index < -0.39 is 15.0 Å². The Bertz CT molecular complexity index is 2850. The molecule has 2 heterocycles. The summed E-state index contributed by atoms with van der Waals surface area (Å²) >= 11 is 0. The van der Waals surface area contributed by atoms with E-state index in [2.05, 4.69) is 187 Å². The molecule has 3 heteroatoms. The first-order valence-electron chi connectivity index (χ1n) is 19.3. The summed E-state index contributed by atoms with van der Waals surface area (Å²) in [6, 6.07) is 71.2. The molecular weight excluding hydrogens is 645 g/mol. The Balaban J connectivity index is 1.16. The Morgan fingerprint density at radius 2 is 0.808 bits per heavy atom. The first-order chi connectivity index (χ1) is 26.9. The van der Waals surface area contributed by atoms with E-state index in [4.69, 9.17) is 4.11 Å². The molecule has 2 nitrogen and oxygen atoms in total. The number of para-hydroxylation sites is 2. The van der Waals surface area contributed by atoms with Gasteiger partial charge in [0.1, 0.15) is 0 Å². The van der Waals surface area contributed by atoms with Crippen LogP contribution in [-0.2, 0) is 6.98 Å². The van der Waals surface area contributed by atoms with Crippen LogP contribution >= 0.6 is 0 Å². The number of benzene rings is 8. The molecule has 0 saturated heterocycles. The van der Waals surface area contributed by atoms with E-state index in [1.54, 1.807) is 0 Å². The number of aromatic nitrogens is 2. The number of hydrogen-bond donors (Lipinski definition) is 0. The second kappa shape index (κ2) is 12.1. The zero-order valence-corrected chi connectivity index (χ0v) is 29.4. The number of fused-ring (bicyclic) bond motifs is 6. The zero-order valence-electron chi connectivity index (χ0n) is 31.4. The predicted molar refractivity (Wildman–Crippen MR) is 224 cm³/mol. The first kappa shape index (κ1) is 27.3. The van der Waals surface area contributed by atoms with E-state index in [-0.39, 0.29) is 0 Å². The third-order valence-corrected chi connectivity index (χ3v) is 15.7. The maximum absolute atomic E-state index is 8.57. The second-order valence-electron chi connectivity index (χ2n) is 13.6. The summed E-state index contributed by atoms with van der Waals surface area (Å²) in [5.74, 6) is 0. The Morgan fingerprint density at radius 1 is 0.365 bits per heavy atom. The van der Waals surface area contributed by atoms with Crippen molar-refractivity contribution in [2.75, 3.05) is 0 Å². The van der Waals surface area contributed by atoms with E-state index in [0.29, 0.717) is 11.0 Å². The molecule has 0 aliphatic carbocycles. The summed E-state index contributed by atoms with van der Waals surface area (Å²) in [5, 5.41) is 9.50. The Hall–Kier alpha value is -6.42. The maximum atomic E-state index is 8.57. The summed E-state index contributed by atoms with van der Waals surface area (Å²) < 4.78 is 29.5. The Morgan fingerprint density at radius 3 is 1.35 bits per heavy atom. The van der Waals surface area contributed by atoms with Crippen LogP contribution in [0.25, 0.3) is 60.4 Å². The molecular formula is C49H36N2Si. The minimum Gasteiger partial charge on any atom is -0.344 e. The van der Waals surface area contributed by atoms with Crippen molar-refractivity contribution in [1.29, 1.82) is 0 Å². The number of aryl methyl sites for hydroxylation is 1. The van der Waals surface area contributed by atoms with E-state index in [0.717, 1.165) is 38.6 Å². The molecule has 246 valence electrons. The van der Waals surface area contributed by atoms with E-state index in [9.17, 15) is 0 Å². The molecule has 0 amide bonds. The third-order valence-electron chi connectivity index (χ3n) is 10.9. The normalized spacial score (nSPS) is 13.0. The summed E-state index contributed by atoms with van der Waals surface area (Å²) in [6.45, 7) is -2.35. The highest BCUT2D eigenvalue weighted by Gasteiger charge is 2.41. The molecule has 2 aromatic heterocycles. The van der Waals surface area contributed by atoms with Gasteiger partial charge in [0.05, 0.1) is 11.0 Å². The average molecular weight is 684 g/mol. The van der Waals surface area contributed by atoms with Gasteiger partial charge < -0.3 is 9.13 Å². The lowest BCUT2D eigenvalue weighted by Crippen LogP contribution is -2.74. The quantitative estimate of drug-likeness (QED) is 0.122. The highest BCUT2D eigenvalue weighted by molar-refractivity contribution is 7.19. The SMILES string of the molecule is [2H]C([2H])([2H])n1c2ccc(-c3ccc([Si](c4ccccc4)(c4ccccc4)c4ccccc4)cc3)cc2c2cc(-n3c4ccccc4c4ccccc43)ccc21. The standard InChI is InChI=1S/C49H36N2Si/c1-50-46-31-27-36(33-44(46)45-34-37(28-32-47(45)50)51-48-23-13-11-21-42(48)43-22-12-14-24-49(43)51)35-25-29-41(30-26-35)52(38-15-5-2-6-16-38,39-17-7-3-8-18-39)40-19-9-4-10-20-40/h2-34H,1H3/i1D3. The summed E-state index contributed by atoms with van der Waals surface area (Å²) in [7, 11) is -2.66. The van der Waals surface area contributed by atoms with Gasteiger partial charge in [-0.15, -0.1) is 0 Å². The van der Waals surface area contributed by atoms with Crippen LogP contribution in [0.1, 0.15) is 4.11 Å². The molecule has 0 aliphatic heterocycles. The number of hydrogen-bond acceptors (Lipinski definition) is 0. The molecule has 0 radical (unpaired) electrons. The van der Waals surface area contributed by atoms with Crippen molar-refractivity contribution in [2.45, 2.75) is 0 Å². The van der Waals surface area contributed by atoms with Crippen LogP contribution in [0.4, 0.5) is 0 Å². The van der Waals surface area contributed by atoms with Gasteiger partial charge in [-0.2, -0.15) is 0 Å². The molecule has 0 spiro atoms. The van der Waals surface area contributed by atoms with Crippen molar-refractivity contribution in [1.82, 2.24) is 9.13 Å². The molecule has 52 heavy (non-hydrogen) atoms. The van der Waals surface area contributed by atoms with Gasteiger partial charge in [0.15, 0.2) is 8.07 Å². The first-order valence-corrected chi connectivity index (χ1v) is 19.8. The van der Waals surface area contributed by atoms with Crippen molar-refractivity contribution in [3.63, 3.8) is 0 Å². The number of nitrogens with zero attached hydrogens (tertiary/aromatic N) is 2. The molecule has 10 aromatic rings. The van der Waals surface area contributed by atoms with Crippen molar-refractivity contribution >= 4 is 72.4 Å². The minimum atomic E-state index is -2.66.